The molecule has 1 aromatic carbocycles. The smallest absolute Gasteiger partial charge is 0.165 e. The number of nitrogens with two attached hydrogens (primary N) is 1. The Kier molecular flexibility index (Phi) is 5.47. The van der Waals surface area contributed by atoms with Crippen LogP contribution in [0.5, 0.6) is 0 Å². The van der Waals surface area contributed by atoms with Gasteiger partial charge >= 0.3 is 0 Å². The zero-order valence-electron chi connectivity index (χ0n) is 12.2. The molecule has 1 fully saturated rings. The van der Waals surface area contributed by atoms with E-state index in [0.29, 0.717) is 16.3 Å². The lowest BCUT2D eigenvalue weighted by molar-refractivity contribution is 0.0869. The Morgan fingerprint density at radius 3 is 2.60 bits per heavy atom. The Labute approximate surface area is 126 Å². The lowest BCUT2D eigenvalue weighted by Crippen LogP contribution is -2.22. The van der Waals surface area contributed by atoms with Gasteiger partial charge in [0.1, 0.15) is 0 Å². The maximum Gasteiger partial charge on any atom is 0.165 e. The summed E-state index contributed by atoms with van der Waals surface area (Å²) in [6.07, 6.45) is 8.34. The third kappa shape index (κ3) is 3.76. The molecule has 1 aliphatic carbocycles. The summed E-state index contributed by atoms with van der Waals surface area (Å²) in [6, 6.07) is 5.23. The number of unbranched alkanes of at least 4 members (excludes halogenated alkanes) is 1. The third-order valence-electron chi connectivity index (χ3n) is 4.47. The van der Waals surface area contributed by atoms with Crippen LogP contribution in [0.4, 0.5) is 5.69 Å². The third-order valence-corrected chi connectivity index (χ3v) is 4.80. The first kappa shape index (κ1) is 15.4. The van der Waals surface area contributed by atoms with Gasteiger partial charge in [-0.3, -0.25) is 4.79 Å². The van der Waals surface area contributed by atoms with Crippen molar-refractivity contribution in [1.29, 1.82) is 0 Å². The molecule has 0 radical (unpaired) electrons. The summed E-state index contributed by atoms with van der Waals surface area (Å²) in [5, 5.41) is 0.479. The van der Waals surface area contributed by atoms with E-state index in [1.165, 1.54) is 32.1 Å². The topological polar surface area (TPSA) is 43.1 Å². The van der Waals surface area contributed by atoms with Crippen molar-refractivity contribution in [3.8, 4) is 0 Å². The number of rotatable bonds is 5. The lowest BCUT2D eigenvalue weighted by atomic mass is 9.77. The second-order valence-electron chi connectivity index (χ2n) is 5.96. The van der Waals surface area contributed by atoms with Crippen LogP contribution in [0, 0.1) is 11.8 Å². The Morgan fingerprint density at radius 2 is 2.00 bits per heavy atom. The highest BCUT2D eigenvalue weighted by Gasteiger charge is 2.26. The molecule has 0 heterocycles. The van der Waals surface area contributed by atoms with Gasteiger partial charge in [-0.1, -0.05) is 37.8 Å². The molecule has 0 aliphatic heterocycles. The molecule has 1 aromatic rings. The highest BCUT2D eigenvalue weighted by molar-refractivity contribution is 6.33. The number of halogens is 1. The van der Waals surface area contributed by atoms with E-state index < -0.39 is 0 Å². The van der Waals surface area contributed by atoms with Gasteiger partial charge in [-0.05, 0) is 49.8 Å². The van der Waals surface area contributed by atoms with Crippen LogP contribution >= 0.6 is 11.6 Å². The van der Waals surface area contributed by atoms with E-state index in [1.54, 1.807) is 18.2 Å². The van der Waals surface area contributed by atoms with Crippen molar-refractivity contribution in [3.63, 3.8) is 0 Å². The molecule has 1 saturated carbocycles. The summed E-state index contributed by atoms with van der Waals surface area (Å²) in [7, 11) is 0. The van der Waals surface area contributed by atoms with Gasteiger partial charge in [0.2, 0.25) is 0 Å². The second kappa shape index (κ2) is 7.12. The fourth-order valence-electron chi connectivity index (χ4n) is 3.12. The summed E-state index contributed by atoms with van der Waals surface area (Å²) in [5.74, 6) is 1.24. The molecule has 0 unspecified atom stereocenters. The highest BCUT2D eigenvalue weighted by Crippen LogP contribution is 2.34. The quantitative estimate of drug-likeness (QED) is 0.606. The van der Waals surface area contributed by atoms with Crippen LogP contribution < -0.4 is 5.73 Å². The number of benzene rings is 1. The van der Waals surface area contributed by atoms with Gasteiger partial charge in [0, 0.05) is 11.5 Å². The van der Waals surface area contributed by atoms with E-state index in [-0.39, 0.29) is 11.7 Å². The van der Waals surface area contributed by atoms with Crippen molar-refractivity contribution in [2.45, 2.75) is 51.9 Å². The second-order valence-corrected chi connectivity index (χ2v) is 6.37. The molecule has 0 atom stereocenters. The van der Waals surface area contributed by atoms with Crippen molar-refractivity contribution >= 4 is 23.1 Å². The number of carbonyl (C=O) groups excluding carboxylic acids is 1. The summed E-state index contributed by atoms with van der Waals surface area (Å²) < 4.78 is 0. The van der Waals surface area contributed by atoms with E-state index in [4.69, 9.17) is 17.3 Å². The number of Topliss-reactive ketones (excluding diaryl/α,β-unsaturated/α-hetero) is 1. The van der Waals surface area contributed by atoms with Gasteiger partial charge in [-0.25, -0.2) is 0 Å². The zero-order valence-corrected chi connectivity index (χ0v) is 13.0. The van der Waals surface area contributed by atoms with E-state index in [1.807, 2.05) is 0 Å². The van der Waals surface area contributed by atoms with Gasteiger partial charge in [0.15, 0.2) is 5.78 Å². The Balaban J connectivity index is 1.92. The molecule has 2 nitrogen and oxygen atoms in total. The van der Waals surface area contributed by atoms with Crippen molar-refractivity contribution in [1.82, 2.24) is 0 Å². The van der Waals surface area contributed by atoms with Crippen molar-refractivity contribution < 1.29 is 4.79 Å². The van der Waals surface area contributed by atoms with E-state index in [2.05, 4.69) is 6.92 Å². The van der Waals surface area contributed by atoms with E-state index in [0.717, 1.165) is 18.8 Å². The predicted molar refractivity (Wildman–Crippen MR) is 85.2 cm³/mol. The Bertz CT molecular complexity index is 464. The molecule has 0 bridgehead atoms. The number of hydrogen-bond acceptors (Lipinski definition) is 2. The molecule has 0 spiro atoms. The zero-order chi connectivity index (χ0) is 14.5. The molecular weight excluding hydrogens is 270 g/mol. The Hall–Kier alpha value is -1.02. The predicted octanol–water partition coefficient (Wildman–Crippen LogP) is 5.10. The minimum atomic E-state index is 0.174. The molecule has 2 N–H and O–H groups in total. The minimum absolute atomic E-state index is 0.174. The average Bonchev–Trinajstić information content (AvgIpc) is 2.48. The molecule has 3 heteroatoms. The highest BCUT2D eigenvalue weighted by atomic mass is 35.5. The van der Waals surface area contributed by atoms with Crippen LogP contribution in [-0.4, -0.2) is 5.78 Å². The van der Waals surface area contributed by atoms with Crippen LogP contribution in [-0.2, 0) is 0 Å². The molecule has 0 aromatic heterocycles. The molecule has 2 rings (SSSR count). The largest absolute Gasteiger partial charge is 0.398 e. The fourth-order valence-corrected chi connectivity index (χ4v) is 3.30. The van der Waals surface area contributed by atoms with E-state index >= 15 is 0 Å². The Morgan fingerprint density at radius 1 is 1.30 bits per heavy atom. The first-order chi connectivity index (χ1) is 9.61. The van der Waals surface area contributed by atoms with Gasteiger partial charge in [-0.15, -0.1) is 0 Å². The van der Waals surface area contributed by atoms with Crippen molar-refractivity contribution in [3.05, 3.63) is 28.8 Å². The molecule has 1 aliphatic rings. The molecule has 110 valence electrons. The fraction of sp³-hybridized carbons (Fsp3) is 0.588. The molecule has 0 saturated heterocycles. The average molecular weight is 294 g/mol. The SMILES string of the molecule is CCCCC1CCC(C(=O)c2ccc(N)c(Cl)c2)CC1. The van der Waals surface area contributed by atoms with Crippen molar-refractivity contribution in [2.24, 2.45) is 11.8 Å². The van der Waals surface area contributed by atoms with Crippen LogP contribution in [0.25, 0.3) is 0 Å². The monoisotopic (exact) mass is 293 g/mol. The van der Waals surface area contributed by atoms with Crippen LogP contribution in [0.2, 0.25) is 5.02 Å². The normalized spacial score (nSPS) is 22.7. The van der Waals surface area contributed by atoms with E-state index in [9.17, 15) is 4.79 Å². The van der Waals surface area contributed by atoms with Crippen molar-refractivity contribution in [2.75, 3.05) is 5.73 Å². The summed E-state index contributed by atoms with van der Waals surface area (Å²) in [4.78, 5) is 12.5. The molecular formula is C17H24ClNO. The minimum Gasteiger partial charge on any atom is -0.398 e. The lowest BCUT2D eigenvalue weighted by Gasteiger charge is -2.27. The number of carbonyl (C=O) groups is 1. The number of ketones is 1. The maximum atomic E-state index is 12.5. The maximum absolute atomic E-state index is 12.5. The molecule has 20 heavy (non-hydrogen) atoms. The van der Waals surface area contributed by atoms with Gasteiger partial charge < -0.3 is 5.73 Å². The number of nitrogen functional groups attached to an aromatic ring is 1. The van der Waals surface area contributed by atoms with Gasteiger partial charge in [-0.2, -0.15) is 0 Å². The standard InChI is InChI=1S/C17H24ClNO/c1-2-3-4-12-5-7-13(8-6-12)17(20)14-9-10-16(19)15(18)11-14/h9-13H,2-8,19H2,1H3. The summed E-state index contributed by atoms with van der Waals surface area (Å²) >= 11 is 6.00. The van der Waals surface area contributed by atoms with Crippen LogP contribution in [0.3, 0.4) is 0 Å². The number of hydrogen-bond donors (Lipinski definition) is 1. The summed E-state index contributed by atoms with van der Waals surface area (Å²) in [6.45, 7) is 2.24. The first-order valence-electron chi connectivity index (χ1n) is 7.71. The van der Waals surface area contributed by atoms with Crippen LogP contribution in [0.1, 0.15) is 62.2 Å². The van der Waals surface area contributed by atoms with Gasteiger partial charge in [0.25, 0.3) is 0 Å². The first-order valence-corrected chi connectivity index (χ1v) is 8.08. The van der Waals surface area contributed by atoms with Gasteiger partial charge in [0.05, 0.1) is 10.7 Å². The van der Waals surface area contributed by atoms with Crippen LogP contribution in [0.15, 0.2) is 18.2 Å². The summed E-state index contributed by atoms with van der Waals surface area (Å²) in [5.41, 5.74) is 6.93. The molecule has 0 amide bonds. The number of anilines is 1.